The van der Waals surface area contributed by atoms with Crippen molar-refractivity contribution in [1.82, 2.24) is 5.32 Å². The van der Waals surface area contributed by atoms with Crippen molar-refractivity contribution >= 4 is 23.5 Å². The molecule has 5 unspecified atom stereocenters. The lowest BCUT2D eigenvalue weighted by molar-refractivity contribution is -0.156. The first-order chi connectivity index (χ1) is 20.4. The number of phenols is 1. The number of nitrogens with one attached hydrogen (secondary N) is 2. The number of allylic oxidation sites excluding steroid dienone is 5. The summed E-state index contributed by atoms with van der Waals surface area (Å²) >= 11 is 0. The molecule has 2 amide bonds. The van der Waals surface area contributed by atoms with Crippen LogP contribution in [0, 0.1) is 11.8 Å². The highest BCUT2D eigenvalue weighted by atomic mass is 16.5. The maximum absolute atomic E-state index is 12.9. The summed E-state index contributed by atoms with van der Waals surface area (Å²) in [6.07, 6.45) is 12.7. The number of phenolic OH excluding ortho intramolecular Hbond substituents is 1. The SMILES string of the molecule is COC1/C=C/C=C/C=C/CC(OC(=O)C(C)NC(=O)CC(C)C)C(C)C(O)/C(C)=C\CCc2cc(O)cc(c2)NC(=O)C1. The monoisotopic (exact) mass is 596 g/mol. The second-order valence-electron chi connectivity index (χ2n) is 11.5. The van der Waals surface area contributed by atoms with Gasteiger partial charge in [0, 0.05) is 37.6 Å². The number of aliphatic hydroxyl groups excluding tert-OH is 1. The Labute approximate surface area is 255 Å². The van der Waals surface area contributed by atoms with Crippen LogP contribution in [-0.2, 0) is 30.3 Å². The van der Waals surface area contributed by atoms with Crippen molar-refractivity contribution in [2.24, 2.45) is 11.8 Å². The fraction of sp³-hybridized carbons (Fsp3) is 0.500. The summed E-state index contributed by atoms with van der Waals surface area (Å²) < 4.78 is 11.3. The number of hydrogen-bond donors (Lipinski definition) is 4. The number of anilines is 1. The van der Waals surface area contributed by atoms with Crippen LogP contribution in [0.5, 0.6) is 5.75 Å². The second-order valence-corrected chi connectivity index (χ2v) is 11.5. The average molecular weight is 597 g/mol. The van der Waals surface area contributed by atoms with E-state index in [2.05, 4.69) is 10.6 Å². The zero-order valence-electron chi connectivity index (χ0n) is 26.2. The van der Waals surface area contributed by atoms with Gasteiger partial charge in [-0.15, -0.1) is 0 Å². The molecule has 1 aromatic rings. The molecule has 1 aromatic carbocycles. The maximum atomic E-state index is 12.9. The minimum absolute atomic E-state index is 0.0423. The first-order valence-electron chi connectivity index (χ1n) is 14.9. The van der Waals surface area contributed by atoms with Crippen molar-refractivity contribution in [3.63, 3.8) is 0 Å². The summed E-state index contributed by atoms with van der Waals surface area (Å²) in [6.45, 7) is 9.11. The zero-order valence-corrected chi connectivity index (χ0v) is 26.2. The van der Waals surface area contributed by atoms with E-state index in [0.29, 0.717) is 31.4 Å². The van der Waals surface area contributed by atoms with Gasteiger partial charge >= 0.3 is 5.97 Å². The van der Waals surface area contributed by atoms with E-state index in [1.54, 1.807) is 37.3 Å². The molecular formula is C34H48N2O7. The number of aromatic hydroxyl groups is 1. The molecule has 5 atom stereocenters. The first-order valence-corrected chi connectivity index (χ1v) is 14.9. The van der Waals surface area contributed by atoms with Gasteiger partial charge in [-0.05, 0) is 55.9 Å². The van der Waals surface area contributed by atoms with Gasteiger partial charge in [-0.3, -0.25) is 9.59 Å². The molecule has 0 saturated carbocycles. The number of hydrogen-bond acceptors (Lipinski definition) is 7. The standard InChI is InChI=1S/C34H48N2O7/c1-22(2)17-31(38)35-25(5)34(41)43-30-16-11-9-7-8-10-15-29(42-6)21-32(39)36-27-18-26(19-28(37)20-27)14-12-13-23(3)33(40)24(30)4/h7-11,13,15,18-20,22,24-25,29-30,33,37,40H,12,14,16-17,21H2,1-6H3,(H,35,38)(H,36,39)/b8-7+,11-9+,15-10+,23-13-. The van der Waals surface area contributed by atoms with E-state index in [-0.39, 0.29) is 29.9 Å². The number of amides is 2. The molecular weight excluding hydrogens is 548 g/mol. The van der Waals surface area contributed by atoms with Gasteiger partial charge in [0.05, 0.1) is 18.6 Å². The van der Waals surface area contributed by atoms with Crippen LogP contribution in [0.4, 0.5) is 5.69 Å². The molecule has 1 heterocycles. The Morgan fingerprint density at radius 3 is 2.53 bits per heavy atom. The van der Waals surface area contributed by atoms with Gasteiger partial charge < -0.3 is 30.3 Å². The first kappa shape index (κ1) is 35.5. The summed E-state index contributed by atoms with van der Waals surface area (Å²) in [4.78, 5) is 37.7. The predicted molar refractivity (Wildman–Crippen MR) is 168 cm³/mol. The zero-order chi connectivity index (χ0) is 31.9. The molecule has 236 valence electrons. The fourth-order valence-electron chi connectivity index (χ4n) is 4.68. The Morgan fingerprint density at radius 1 is 1.12 bits per heavy atom. The van der Waals surface area contributed by atoms with Crippen molar-refractivity contribution in [1.29, 1.82) is 0 Å². The minimum atomic E-state index is -0.880. The van der Waals surface area contributed by atoms with E-state index in [1.165, 1.54) is 13.2 Å². The molecule has 9 heteroatoms. The van der Waals surface area contributed by atoms with Crippen LogP contribution in [0.25, 0.3) is 0 Å². The number of carbonyl (C=O) groups is 3. The molecule has 0 saturated heterocycles. The quantitative estimate of drug-likeness (QED) is 0.264. The summed E-state index contributed by atoms with van der Waals surface area (Å²) in [6, 6.07) is 4.12. The average Bonchev–Trinajstić information content (AvgIpc) is 2.92. The number of carbonyl (C=O) groups excluding carboxylic acids is 3. The Kier molecular flexibility index (Phi) is 14.9. The highest BCUT2D eigenvalue weighted by Gasteiger charge is 2.29. The minimum Gasteiger partial charge on any atom is -0.508 e. The highest BCUT2D eigenvalue weighted by Crippen LogP contribution is 2.24. The maximum Gasteiger partial charge on any atom is 0.328 e. The molecule has 43 heavy (non-hydrogen) atoms. The van der Waals surface area contributed by atoms with Crippen LogP contribution in [0.1, 0.15) is 65.9 Å². The van der Waals surface area contributed by atoms with E-state index in [9.17, 15) is 24.6 Å². The third kappa shape index (κ3) is 13.0. The van der Waals surface area contributed by atoms with Gasteiger partial charge in [0.15, 0.2) is 0 Å². The number of aryl methyl sites for hydroxylation is 1. The smallest absolute Gasteiger partial charge is 0.328 e. The Balaban J connectivity index is 2.30. The van der Waals surface area contributed by atoms with Crippen molar-refractivity contribution in [2.75, 3.05) is 12.4 Å². The molecule has 0 aliphatic carbocycles. The molecule has 2 rings (SSSR count). The Bertz CT molecular complexity index is 1200. The van der Waals surface area contributed by atoms with Crippen molar-refractivity contribution in [3.05, 3.63) is 71.9 Å². The van der Waals surface area contributed by atoms with Crippen LogP contribution in [-0.4, -0.2) is 59.5 Å². The van der Waals surface area contributed by atoms with Crippen LogP contribution >= 0.6 is 0 Å². The normalized spacial score (nSPS) is 26.5. The topological polar surface area (TPSA) is 134 Å². The van der Waals surface area contributed by atoms with Gasteiger partial charge in [0.2, 0.25) is 11.8 Å². The van der Waals surface area contributed by atoms with E-state index in [0.717, 1.165) is 11.1 Å². The molecule has 1 aliphatic heterocycles. The predicted octanol–water partition coefficient (Wildman–Crippen LogP) is 5.15. The molecule has 0 aromatic heterocycles. The number of fused-ring (bicyclic) bond motifs is 2. The number of esters is 1. The number of ether oxygens (including phenoxy) is 2. The fourth-order valence-corrected chi connectivity index (χ4v) is 4.68. The van der Waals surface area contributed by atoms with Gasteiger partial charge in [-0.1, -0.05) is 63.3 Å². The molecule has 0 fully saturated rings. The Morgan fingerprint density at radius 2 is 1.84 bits per heavy atom. The van der Waals surface area contributed by atoms with E-state index < -0.39 is 36.2 Å². The second kappa shape index (κ2) is 18.1. The van der Waals surface area contributed by atoms with Crippen molar-refractivity contribution < 1.29 is 34.1 Å². The molecule has 0 radical (unpaired) electrons. The lowest BCUT2D eigenvalue weighted by Gasteiger charge is -2.29. The number of aliphatic hydroxyl groups is 1. The van der Waals surface area contributed by atoms with Gasteiger partial charge in [-0.25, -0.2) is 4.79 Å². The van der Waals surface area contributed by atoms with Crippen molar-refractivity contribution in [3.8, 4) is 5.75 Å². The molecule has 9 nitrogen and oxygen atoms in total. The Hall–Kier alpha value is -3.69. The molecule has 2 bridgehead atoms. The molecule has 1 aliphatic rings. The highest BCUT2D eigenvalue weighted by molar-refractivity contribution is 5.91. The number of benzene rings is 1. The van der Waals surface area contributed by atoms with Gasteiger partial charge in [0.1, 0.15) is 17.9 Å². The third-order valence-corrected chi connectivity index (χ3v) is 7.16. The van der Waals surface area contributed by atoms with E-state index >= 15 is 0 Å². The lowest BCUT2D eigenvalue weighted by Crippen LogP contribution is -2.43. The van der Waals surface area contributed by atoms with E-state index in [1.807, 2.05) is 52.0 Å². The van der Waals surface area contributed by atoms with Gasteiger partial charge in [0.25, 0.3) is 0 Å². The van der Waals surface area contributed by atoms with Crippen LogP contribution in [0.3, 0.4) is 0 Å². The van der Waals surface area contributed by atoms with Crippen LogP contribution in [0.15, 0.2) is 66.3 Å². The molecule has 0 spiro atoms. The largest absolute Gasteiger partial charge is 0.508 e. The van der Waals surface area contributed by atoms with Gasteiger partial charge in [-0.2, -0.15) is 0 Å². The van der Waals surface area contributed by atoms with E-state index in [4.69, 9.17) is 9.47 Å². The number of rotatable bonds is 6. The van der Waals surface area contributed by atoms with Crippen LogP contribution in [0.2, 0.25) is 0 Å². The third-order valence-electron chi connectivity index (χ3n) is 7.16. The summed E-state index contributed by atoms with van der Waals surface area (Å²) in [5.74, 6) is -1.26. The number of methoxy groups -OCH3 is 1. The molecule has 4 N–H and O–H groups in total. The summed E-state index contributed by atoms with van der Waals surface area (Å²) in [5, 5.41) is 26.9. The summed E-state index contributed by atoms with van der Waals surface area (Å²) in [7, 11) is 1.53. The van der Waals surface area contributed by atoms with Crippen LogP contribution < -0.4 is 10.6 Å². The summed E-state index contributed by atoms with van der Waals surface area (Å²) in [5.41, 5.74) is 2.04. The lowest BCUT2D eigenvalue weighted by atomic mass is 9.90. The van der Waals surface area contributed by atoms with Crippen molar-refractivity contribution in [2.45, 2.75) is 91.1 Å².